The van der Waals surface area contributed by atoms with Gasteiger partial charge in [0.1, 0.15) is 12.3 Å². The van der Waals surface area contributed by atoms with E-state index in [0.29, 0.717) is 30.5 Å². The van der Waals surface area contributed by atoms with E-state index in [9.17, 15) is 9.59 Å². The molecule has 2 aromatic heterocycles. The average Bonchev–Trinajstić information content (AvgIpc) is 3.33. The third kappa shape index (κ3) is 5.71. The van der Waals surface area contributed by atoms with E-state index in [4.69, 9.17) is 11.2 Å². The number of amides is 2. The zero-order chi connectivity index (χ0) is 23.9. The highest BCUT2D eigenvalue weighted by Gasteiger charge is 2.20. The van der Waals surface area contributed by atoms with Crippen LogP contribution in [0.4, 0.5) is 10.8 Å². The van der Waals surface area contributed by atoms with Gasteiger partial charge in [-0.3, -0.25) is 14.9 Å². The van der Waals surface area contributed by atoms with Crippen molar-refractivity contribution < 1.29 is 14.3 Å². The lowest BCUT2D eigenvalue weighted by atomic mass is 9.96. The van der Waals surface area contributed by atoms with Crippen LogP contribution in [-0.4, -0.2) is 66.1 Å². The molecule has 3 heterocycles. The molecular weight excluding hydrogens is 450 g/mol. The minimum absolute atomic E-state index is 0.0967. The van der Waals surface area contributed by atoms with E-state index in [1.165, 1.54) is 11.3 Å². The lowest BCUT2D eigenvalue weighted by molar-refractivity contribution is -0.129. The van der Waals surface area contributed by atoms with Gasteiger partial charge in [0, 0.05) is 44.1 Å². The van der Waals surface area contributed by atoms with Gasteiger partial charge in [-0.25, -0.2) is 9.97 Å². The summed E-state index contributed by atoms with van der Waals surface area (Å²) < 4.78 is 5.50. The maximum atomic E-state index is 12.7. The molecule has 34 heavy (non-hydrogen) atoms. The van der Waals surface area contributed by atoms with Gasteiger partial charge in [0.2, 0.25) is 5.91 Å². The minimum Gasteiger partial charge on any atom is -0.367 e. The fourth-order valence-corrected chi connectivity index (χ4v) is 4.66. The van der Waals surface area contributed by atoms with Crippen LogP contribution in [-0.2, 0) is 9.53 Å². The Kier molecular flexibility index (Phi) is 7.72. The summed E-state index contributed by atoms with van der Waals surface area (Å²) >= 11 is 1.37. The van der Waals surface area contributed by atoms with Crippen LogP contribution in [0.2, 0.25) is 0 Å². The largest absolute Gasteiger partial charge is 0.367 e. The first-order valence-electron chi connectivity index (χ1n) is 11.2. The lowest BCUT2D eigenvalue weighted by Gasteiger charge is -2.35. The number of pyridine rings is 1. The van der Waals surface area contributed by atoms with Gasteiger partial charge in [0.05, 0.1) is 24.2 Å². The number of hydrogen-bond donors (Lipinski definition) is 1. The molecule has 2 amide bonds. The molecule has 1 aliphatic carbocycles. The molecule has 1 aliphatic heterocycles. The SMILES string of the molecule is C#CCOCC1=CCCC=C1c1csc(NC(=O)c2ccc(N3CCN(C(C)=O)CC3)cn2)n1. The highest BCUT2D eigenvalue weighted by atomic mass is 32.1. The highest BCUT2D eigenvalue weighted by molar-refractivity contribution is 7.14. The van der Waals surface area contributed by atoms with Gasteiger partial charge in [-0.1, -0.05) is 18.1 Å². The Morgan fingerprint density at radius 1 is 1.21 bits per heavy atom. The number of nitrogens with one attached hydrogen (secondary N) is 1. The monoisotopic (exact) mass is 477 g/mol. The van der Waals surface area contributed by atoms with Crippen molar-refractivity contribution >= 4 is 39.5 Å². The van der Waals surface area contributed by atoms with Crippen molar-refractivity contribution in [3.63, 3.8) is 0 Å². The number of carbonyl (C=O) groups excluding carboxylic acids is 2. The predicted molar refractivity (Wildman–Crippen MR) is 134 cm³/mol. The van der Waals surface area contributed by atoms with E-state index in [-0.39, 0.29) is 18.4 Å². The summed E-state index contributed by atoms with van der Waals surface area (Å²) in [6, 6.07) is 3.60. The highest BCUT2D eigenvalue weighted by Crippen LogP contribution is 2.31. The van der Waals surface area contributed by atoms with Crippen LogP contribution < -0.4 is 10.2 Å². The van der Waals surface area contributed by atoms with Crippen molar-refractivity contribution in [3.8, 4) is 12.3 Å². The van der Waals surface area contributed by atoms with Gasteiger partial charge in [-0.05, 0) is 30.5 Å². The molecule has 0 aromatic carbocycles. The summed E-state index contributed by atoms with van der Waals surface area (Å²) in [6.07, 6.45) is 13.2. The van der Waals surface area contributed by atoms with Crippen LogP contribution in [0.15, 0.2) is 41.4 Å². The smallest absolute Gasteiger partial charge is 0.276 e. The van der Waals surface area contributed by atoms with Crippen LogP contribution in [0, 0.1) is 12.3 Å². The van der Waals surface area contributed by atoms with E-state index in [1.54, 1.807) is 19.2 Å². The number of rotatable bonds is 7. The standard InChI is InChI=1S/C25H27N5O3S/c1-3-14-33-16-19-6-4-5-7-21(19)23-17-34-25(27-23)28-24(32)22-9-8-20(15-26-22)30-12-10-29(11-13-30)18(2)31/h1,6-9,15,17H,4-5,10-14,16H2,2H3,(H,27,28,32). The number of thiazole rings is 1. The fraction of sp³-hybridized carbons (Fsp3) is 0.360. The molecule has 8 nitrogen and oxygen atoms in total. The lowest BCUT2D eigenvalue weighted by Crippen LogP contribution is -2.48. The van der Waals surface area contributed by atoms with Gasteiger partial charge >= 0.3 is 0 Å². The van der Waals surface area contributed by atoms with E-state index in [1.807, 2.05) is 16.3 Å². The first-order chi connectivity index (χ1) is 16.5. The second-order valence-corrected chi connectivity index (χ2v) is 8.87. The molecule has 9 heteroatoms. The Bertz CT molecular complexity index is 1140. The predicted octanol–water partition coefficient (Wildman–Crippen LogP) is 3.21. The van der Waals surface area contributed by atoms with Crippen molar-refractivity contribution in [1.29, 1.82) is 0 Å². The fourth-order valence-electron chi connectivity index (χ4n) is 3.95. The Labute approximate surface area is 203 Å². The second kappa shape index (κ2) is 11.1. The number of terminal acetylenes is 1. The second-order valence-electron chi connectivity index (χ2n) is 8.01. The quantitative estimate of drug-likeness (QED) is 0.487. The van der Waals surface area contributed by atoms with Crippen LogP contribution in [0.25, 0.3) is 5.57 Å². The first kappa shape index (κ1) is 23.7. The number of nitrogens with zero attached hydrogens (tertiary/aromatic N) is 4. The van der Waals surface area contributed by atoms with Gasteiger partial charge in [-0.2, -0.15) is 0 Å². The van der Waals surface area contributed by atoms with E-state index >= 15 is 0 Å². The number of ether oxygens (including phenoxy) is 1. The molecule has 4 rings (SSSR count). The van der Waals surface area contributed by atoms with Crippen molar-refractivity contribution in [1.82, 2.24) is 14.9 Å². The molecule has 1 N–H and O–H groups in total. The molecule has 0 saturated carbocycles. The maximum Gasteiger partial charge on any atom is 0.276 e. The number of piperazine rings is 1. The summed E-state index contributed by atoms with van der Waals surface area (Å²) in [6.45, 7) is 5.16. The van der Waals surface area contributed by atoms with Crippen LogP contribution in [0.5, 0.6) is 0 Å². The molecule has 1 fully saturated rings. The first-order valence-corrected chi connectivity index (χ1v) is 12.1. The minimum atomic E-state index is -0.306. The maximum absolute atomic E-state index is 12.7. The van der Waals surface area contributed by atoms with Gasteiger partial charge in [0.15, 0.2) is 5.13 Å². The molecule has 0 unspecified atom stereocenters. The average molecular weight is 478 g/mol. The Morgan fingerprint density at radius 3 is 2.71 bits per heavy atom. The van der Waals surface area contributed by atoms with Crippen molar-refractivity contribution in [2.24, 2.45) is 0 Å². The van der Waals surface area contributed by atoms with Crippen molar-refractivity contribution in [3.05, 3.63) is 52.8 Å². The molecule has 1 saturated heterocycles. The summed E-state index contributed by atoms with van der Waals surface area (Å²) in [5.74, 6) is 2.27. The van der Waals surface area contributed by atoms with Crippen molar-refractivity contribution in [2.75, 3.05) is 49.6 Å². The number of carbonyl (C=O) groups is 2. The topological polar surface area (TPSA) is 87.7 Å². The number of allylic oxidation sites excluding steroid dienone is 2. The summed E-state index contributed by atoms with van der Waals surface area (Å²) in [5, 5.41) is 5.29. The number of aromatic nitrogens is 2. The molecule has 176 valence electrons. The third-order valence-corrected chi connectivity index (χ3v) is 6.52. The summed E-state index contributed by atoms with van der Waals surface area (Å²) in [5.41, 5.74) is 4.15. The van der Waals surface area contributed by atoms with Crippen LogP contribution in [0.1, 0.15) is 35.9 Å². The molecular formula is C25H27N5O3S. The number of anilines is 2. The van der Waals surface area contributed by atoms with Crippen LogP contribution >= 0.6 is 11.3 Å². The zero-order valence-electron chi connectivity index (χ0n) is 19.1. The summed E-state index contributed by atoms with van der Waals surface area (Å²) in [4.78, 5) is 37.2. The van der Waals surface area contributed by atoms with Crippen LogP contribution in [0.3, 0.4) is 0 Å². The molecule has 2 aromatic rings. The molecule has 0 radical (unpaired) electrons. The Balaban J connectivity index is 1.36. The molecule has 2 aliphatic rings. The van der Waals surface area contributed by atoms with Gasteiger partial charge in [0.25, 0.3) is 5.91 Å². The third-order valence-electron chi connectivity index (χ3n) is 5.77. The Hall–Kier alpha value is -3.48. The zero-order valence-corrected chi connectivity index (χ0v) is 19.9. The molecule has 0 spiro atoms. The molecule has 0 atom stereocenters. The Morgan fingerprint density at radius 2 is 2.00 bits per heavy atom. The van der Waals surface area contributed by atoms with Gasteiger partial charge in [-0.15, -0.1) is 17.8 Å². The summed E-state index contributed by atoms with van der Waals surface area (Å²) in [7, 11) is 0. The molecule has 0 bridgehead atoms. The van der Waals surface area contributed by atoms with Gasteiger partial charge < -0.3 is 14.5 Å². The van der Waals surface area contributed by atoms with E-state index < -0.39 is 0 Å². The number of hydrogen-bond acceptors (Lipinski definition) is 7. The van der Waals surface area contributed by atoms with Crippen molar-refractivity contribution in [2.45, 2.75) is 19.8 Å². The van der Waals surface area contributed by atoms with E-state index in [0.717, 1.165) is 48.5 Å². The van der Waals surface area contributed by atoms with E-state index in [2.05, 4.69) is 38.3 Å². The normalized spacial score (nSPS) is 15.9.